The number of methoxy groups -OCH3 is 1. The number of sulfonamides is 1. The number of hydrogen-bond donors (Lipinski definition) is 2. The Hall–Kier alpha value is -1.74. The molecule has 0 aliphatic rings. The van der Waals surface area contributed by atoms with Crippen LogP contribution in [0.5, 0.6) is 0 Å². The minimum absolute atomic E-state index is 0.256. The third-order valence-electron chi connectivity index (χ3n) is 4.12. The van der Waals surface area contributed by atoms with Gasteiger partial charge in [0.2, 0.25) is 10.0 Å². The maximum Gasteiger partial charge on any atom is 0.240 e. The van der Waals surface area contributed by atoms with Crippen LogP contribution >= 0.6 is 0 Å². The molecule has 0 amide bonds. The first-order valence-corrected chi connectivity index (χ1v) is 9.61. The average Bonchev–Trinajstić information content (AvgIpc) is 2.81. The maximum atomic E-state index is 12.1. The van der Waals surface area contributed by atoms with Gasteiger partial charge in [-0.15, -0.1) is 0 Å². The summed E-state index contributed by atoms with van der Waals surface area (Å²) in [6.45, 7) is 6.03. The van der Waals surface area contributed by atoms with Crippen molar-refractivity contribution in [1.29, 1.82) is 0 Å². The zero-order valence-electron chi connectivity index (χ0n) is 15.2. The minimum atomic E-state index is -3.48. The van der Waals surface area contributed by atoms with Gasteiger partial charge in [0.1, 0.15) is 0 Å². The van der Waals surface area contributed by atoms with Crippen molar-refractivity contribution in [3.63, 3.8) is 0 Å². The molecular formula is C17H26N4O3S. The lowest BCUT2D eigenvalue weighted by Crippen LogP contribution is -2.27. The molecule has 138 valence electrons. The van der Waals surface area contributed by atoms with E-state index in [1.54, 1.807) is 12.1 Å². The fraction of sp³-hybridized carbons (Fsp3) is 0.471. The molecule has 0 unspecified atom stereocenters. The first kappa shape index (κ1) is 19.6. The molecule has 0 saturated heterocycles. The SMILES string of the molecule is COCCNS(=O)(=O)c1ccc(CNCc2c(C)nn(C)c2C)cc1. The minimum Gasteiger partial charge on any atom is -0.383 e. The maximum absolute atomic E-state index is 12.1. The standard InChI is InChI=1S/C17H26N4O3S/c1-13-17(14(2)21(3)20-13)12-18-11-15-5-7-16(8-6-15)25(22,23)19-9-10-24-4/h5-8,18-19H,9-12H2,1-4H3. The normalized spacial score (nSPS) is 11.8. The van der Waals surface area contributed by atoms with Crippen molar-refractivity contribution < 1.29 is 13.2 Å². The number of ether oxygens (including phenoxy) is 1. The van der Waals surface area contributed by atoms with E-state index in [0.29, 0.717) is 13.2 Å². The van der Waals surface area contributed by atoms with Gasteiger partial charge in [0.25, 0.3) is 0 Å². The molecule has 1 heterocycles. The second-order valence-corrected chi connectivity index (χ2v) is 7.68. The molecule has 0 radical (unpaired) electrons. The lowest BCUT2D eigenvalue weighted by molar-refractivity contribution is 0.204. The molecule has 2 aromatic rings. The summed E-state index contributed by atoms with van der Waals surface area (Å²) in [5.74, 6) is 0. The van der Waals surface area contributed by atoms with Crippen LogP contribution in [-0.4, -0.2) is 38.5 Å². The fourth-order valence-electron chi connectivity index (χ4n) is 2.55. The van der Waals surface area contributed by atoms with Crippen molar-refractivity contribution in [1.82, 2.24) is 19.8 Å². The van der Waals surface area contributed by atoms with E-state index in [2.05, 4.69) is 15.1 Å². The molecule has 0 spiro atoms. The van der Waals surface area contributed by atoms with Gasteiger partial charge in [-0.2, -0.15) is 5.10 Å². The highest BCUT2D eigenvalue weighted by Crippen LogP contribution is 2.13. The summed E-state index contributed by atoms with van der Waals surface area (Å²) in [7, 11) is -0.0142. The predicted molar refractivity (Wildman–Crippen MR) is 96.7 cm³/mol. The van der Waals surface area contributed by atoms with Gasteiger partial charge in [0.05, 0.1) is 17.2 Å². The van der Waals surface area contributed by atoms with Crippen LogP contribution in [-0.2, 0) is 34.9 Å². The molecular weight excluding hydrogens is 340 g/mol. The molecule has 0 aliphatic carbocycles. The van der Waals surface area contributed by atoms with E-state index in [1.807, 2.05) is 37.7 Å². The zero-order valence-corrected chi connectivity index (χ0v) is 16.0. The van der Waals surface area contributed by atoms with E-state index in [0.717, 1.165) is 23.5 Å². The molecule has 0 aliphatic heterocycles. The molecule has 1 aromatic heterocycles. The summed E-state index contributed by atoms with van der Waals surface area (Å²) >= 11 is 0. The van der Waals surface area contributed by atoms with Gasteiger partial charge in [-0.1, -0.05) is 12.1 Å². The van der Waals surface area contributed by atoms with Gasteiger partial charge < -0.3 is 10.1 Å². The van der Waals surface area contributed by atoms with Crippen molar-refractivity contribution in [2.75, 3.05) is 20.3 Å². The number of aromatic nitrogens is 2. The fourth-order valence-corrected chi connectivity index (χ4v) is 3.57. The molecule has 7 nitrogen and oxygen atoms in total. The molecule has 2 rings (SSSR count). The van der Waals surface area contributed by atoms with E-state index in [-0.39, 0.29) is 11.4 Å². The zero-order chi connectivity index (χ0) is 18.4. The first-order chi connectivity index (χ1) is 11.8. The lowest BCUT2D eigenvalue weighted by Gasteiger charge is -2.08. The Kier molecular flexibility index (Phi) is 6.71. The molecule has 8 heteroatoms. The van der Waals surface area contributed by atoms with Crippen molar-refractivity contribution in [3.8, 4) is 0 Å². The Morgan fingerprint density at radius 2 is 1.84 bits per heavy atom. The van der Waals surface area contributed by atoms with Gasteiger partial charge in [-0.3, -0.25) is 4.68 Å². The first-order valence-electron chi connectivity index (χ1n) is 8.12. The molecule has 25 heavy (non-hydrogen) atoms. The Morgan fingerprint density at radius 3 is 2.40 bits per heavy atom. The number of aryl methyl sites for hydroxylation is 2. The van der Waals surface area contributed by atoms with E-state index < -0.39 is 10.0 Å². The summed E-state index contributed by atoms with van der Waals surface area (Å²) in [6.07, 6.45) is 0. The van der Waals surface area contributed by atoms with E-state index in [1.165, 1.54) is 12.7 Å². The lowest BCUT2D eigenvalue weighted by atomic mass is 10.2. The van der Waals surface area contributed by atoms with Crippen LogP contribution in [0.3, 0.4) is 0 Å². The smallest absolute Gasteiger partial charge is 0.240 e. The van der Waals surface area contributed by atoms with Gasteiger partial charge in [-0.25, -0.2) is 13.1 Å². The predicted octanol–water partition coefficient (Wildman–Crippen LogP) is 1.25. The third kappa shape index (κ3) is 5.12. The summed E-state index contributed by atoms with van der Waals surface area (Å²) in [4.78, 5) is 0.256. The summed E-state index contributed by atoms with van der Waals surface area (Å²) < 4.78 is 33.4. The highest BCUT2D eigenvalue weighted by Gasteiger charge is 2.13. The highest BCUT2D eigenvalue weighted by molar-refractivity contribution is 7.89. The van der Waals surface area contributed by atoms with Crippen molar-refractivity contribution in [2.45, 2.75) is 31.8 Å². The monoisotopic (exact) mass is 366 g/mol. The summed E-state index contributed by atoms with van der Waals surface area (Å²) in [6, 6.07) is 6.88. The summed E-state index contributed by atoms with van der Waals surface area (Å²) in [5.41, 5.74) is 4.39. The van der Waals surface area contributed by atoms with Crippen LogP contribution in [0.4, 0.5) is 0 Å². The Balaban J connectivity index is 1.92. The van der Waals surface area contributed by atoms with Crippen molar-refractivity contribution in [2.24, 2.45) is 7.05 Å². The Bertz CT molecular complexity index is 798. The van der Waals surface area contributed by atoms with Crippen LogP contribution in [0.1, 0.15) is 22.5 Å². The number of rotatable bonds is 9. The van der Waals surface area contributed by atoms with Crippen molar-refractivity contribution in [3.05, 3.63) is 46.8 Å². The van der Waals surface area contributed by atoms with E-state index >= 15 is 0 Å². The summed E-state index contributed by atoms with van der Waals surface area (Å²) in [5, 5.41) is 7.78. The van der Waals surface area contributed by atoms with Gasteiger partial charge in [0, 0.05) is 45.0 Å². The number of hydrogen-bond acceptors (Lipinski definition) is 5. The van der Waals surface area contributed by atoms with Gasteiger partial charge in [-0.05, 0) is 31.5 Å². The van der Waals surface area contributed by atoms with E-state index in [9.17, 15) is 8.42 Å². The van der Waals surface area contributed by atoms with Crippen LogP contribution in [0.15, 0.2) is 29.2 Å². The van der Waals surface area contributed by atoms with Crippen LogP contribution < -0.4 is 10.0 Å². The van der Waals surface area contributed by atoms with Gasteiger partial charge in [0.15, 0.2) is 0 Å². The number of nitrogens with zero attached hydrogens (tertiary/aromatic N) is 2. The largest absolute Gasteiger partial charge is 0.383 e. The highest BCUT2D eigenvalue weighted by atomic mass is 32.2. The van der Waals surface area contributed by atoms with Crippen LogP contribution in [0, 0.1) is 13.8 Å². The molecule has 0 fully saturated rings. The third-order valence-corrected chi connectivity index (χ3v) is 5.60. The van der Waals surface area contributed by atoms with Crippen LogP contribution in [0.2, 0.25) is 0 Å². The average molecular weight is 366 g/mol. The molecule has 1 aromatic carbocycles. The second-order valence-electron chi connectivity index (χ2n) is 5.91. The number of nitrogens with one attached hydrogen (secondary N) is 2. The Morgan fingerprint density at radius 1 is 1.16 bits per heavy atom. The van der Waals surface area contributed by atoms with Crippen LogP contribution in [0.25, 0.3) is 0 Å². The molecule has 0 saturated carbocycles. The molecule has 0 atom stereocenters. The van der Waals surface area contributed by atoms with Gasteiger partial charge >= 0.3 is 0 Å². The number of benzene rings is 1. The molecule has 0 bridgehead atoms. The molecule has 2 N–H and O–H groups in total. The second kappa shape index (κ2) is 8.57. The topological polar surface area (TPSA) is 85.2 Å². The Labute approximate surface area is 149 Å². The van der Waals surface area contributed by atoms with E-state index in [4.69, 9.17) is 4.74 Å². The quantitative estimate of drug-likeness (QED) is 0.653. The van der Waals surface area contributed by atoms with Crippen molar-refractivity contribution >= 4 is 10.0 Å².